The summed E-state index contributed by atoms with van der Waals surface area (Å²) in [5.41, 5.74) is 14.0. The van der Waals surface area contributed by atoms with Crippen LogP contribution >= 0.6 is 0 Å². The number of aromatic nitrogens is 3. The standard InChI is InChI=1S/C19H20N6/c20-18-22-17(23-19(21)24-18)15-11-25(12-15)16(13-7-3-1-4-8-13)14-9-5-2-6-10-14/h1-10,15-16H,11-12H2,(H4,20,21,22,23,24). The van der Waals surface area contributed by atoms with Crippen molar-refractivity contribution in [2.45, 2.75) is 12.0 Å². The zero-order valence-corrected chi connectivity index (χ0v) is 13.8. The Morgan fingerprint density at radius 1 is 0.760 bits per heavy atom. The molecule has 25 heavy (non-hydrogen) atoms. The van der Waals surface area contributed by atoms with Crippen LogP contribution < -0.4 is 11.5 Å². The van der Waals surface area contributed by atoms with E-state index >= 15 is 0 Å². The predicted octanol–water partition coefficient (Wildman–Crippen LogP) is 2.22. The lowest BCUT2D eigenvalue weighted by Crippen LogP contribution is -2.48. The molecule has 6 heteroatoms. The van der Waals surface area contributed by atoms with Crippen LogP contribution in [-0.2, 0) is 0 Å². The third-order valence-corrected chi connectivity index (χ3v) is 4.56. The van der Waals surface area contributed by atoms with Crippen LogP contribution in [0.15, 0.2) is 60.7 Å². The van der Waals surface area contributed by atoms with Crippen molar-refractivity contribution in [2.24, 2.45) is 0 Å². The summed E-state index contributed by atoms with van der Waals surface area (Å²) in [6.45, 7) is 1.72. The topological polar surface area (TPSA) is 93.9 Å². The fraction of sp³-hybridized carbons (Fsp3) is 0.211. The van der Waals surface area contributed by atoms with Gasteiger partial charge in [0.05, 0.1) is 6.04 Å². The van der Waals surface area contributed by atoms with E-state index in [2.05, 4.69) is 68.4 Å². The Balaban J connectivity index is 1.58. The predicted molar refractivity (Wildman–Crippen MR) is 97.7 cm³/mol. The first-order chi connectivity index (χ1) is 12.2. The summed E-state index contributed by atoms with van der Waals surface area (Å²) in [6.07, 6.45) is 0. The van der Waals surface area contributed by atoms with E-state index in [4.69, 9.17) is 11.5 Å². The van der Waals surface area contributed by atoms with Crippen molar-refractivity contribution in [1.82, 2.24) is 19.9 Å². The number of likely N-dealkylation sites (tertiary alicyclic amines) is 1. The van der Waals surface area contributed by atoms with Crippen molar-refractivity contribution in [2.75, 3.05) is 24.6 Å². The molecule has 4 rings (SSSR count). The molecule has 0 radical (unpaired) electrons. The number of anilines is 2. The molecule has 6 nitrogen and oxygen atoms in total. The molecule has 0 aliphatic carbocycles. The maximum absolute atomic E-state index is 5.70. The van der Waals surface area contributed by atoms with E-state index in [-0.39, 0.29) is 23.9 Å². The highest BCUT2D eigenvalue weighted by molar-refractivity contribution is 5.34. The molecular formula is C19H20N6. The Bertz CT molecular complexity index is 787. The molecule has 0 atom stereocenters. The van der Waals surface area contributed by atoms with Crippen LogP contribution in [0.2, 0.25) is 0 Å². The zero-order chi connectivity index (χ0) is 17.2. The molecule has 1 fully saturated rings. The van der Waals surface area contributed by atoms with E-state index in [1.54, 1.807) is 0 Å². The summed E-state index contributed by atoms with van der Waals surface area (Å²) in [5, 5.41) is 0. The van der Waals surface area contributed by atoms with Crippen molar-refractivity contribution in [3.63, 3.8) is 0 Å². The zero-order valence-electron chi connectivity index (χ0n) is 13.8. The van der Waals surface area contributed by atoms with Crippen molar-refractivity contribution in [3.05, 3.63) is 77.6 Å². The van der Waals surface area contributed by atoms with Gasteiger partial charge in [0, 0.05) is 19.0 Å². The Hall–Kier alpha value is -2.99. The van der Waals surface area contributed by atoms with Gasteiger partial charge >= 0.3 is 0 Å². The molecule has 1 aliphatic rings. The Labute approximate surface area is 146 Å². The fourth-order valence-electron chi connectivity index (χ4n) is 3.38. The molecule has 0 unspecified atom stereocenters. The summed E-state index contributed by atoms with van der Waals surface area (Å²) in [5.74, 6) is 1.27. The van der Waals surface area contributed by atoms with Gasteiger partial charge in [-0.15, -0.1) is 0 Å². The second kappa shape index (κ2) is 6.49. The number of hydrogen-bond acceptors (Lipinski definition) is 6. The minimum Gasteiger partial charge on any atom is -0.368 e. The average molecular weight is 332 g/mol. The van der Waals surface area contributed by atoms with Gasteiger partial charge in [0.1, 0.15) is 5.82 Å². The largest absolute Gasteiger partial charge is 0.368 e. The van der Waals surface area contributed by atoms with Crippen molar-refractivity contribution in [3.8, 4) is 0 Å². The molecule has 2 heterocycles. The summed E-state index contributed by atoms with van der Waals surface area (Å²) < 4.78 is 0. The van der Waals surface area contributed by atoms with Crippen molar-refractivity contribution >= 4 is 11.9 Å². The number of rotatable bonds is 4. The quantitative estimate of drug-likeness (QED) is 0.761. The number of nitrogens with zero attached hydrogens (tertiary/aromatic N) is 4. The Morgan fingerprint density at radius 2 is 1.24 bits per heavy atom. The van der Waals surface area contributed by atoms with Crippen LogP contribution in [0, 0.1) is 0 Å². The van der Waals surface area contributed by atoms with Crippen LogP contribution in [0.5, 0.6) is 0 Å². The van der Waals surface area contributed by atoms with Gasteiger partial charge in [-0.25, -0.2) is 0 Å². The molecule has 3 aromatic rings. The highest BCUT2D eigenvalue weighted by atomic mass is 15.2. The molecule has 1 saturated heterocycles. The lowest BCUT2D eigenvalue weighted by molar-refractivity contribution is 0.107. The van der Waals surface area contributed by atoms with Gasteiger partial charge < -0.3 is 11.5 Å². The first kappa shape index (κ1) is 15.5. The number of nitrogen functional groups attached to an aromatic ring is 2. The van der Waals surface area contributed by atoms with E-state index < -0.39 is 0 Å². The normalized spacial score (nSPS) is 15.2. The van der Waals surface area contributed by atoms with Gasteiger partial charge in [-0.2, -0.15) is 15.0 Å². The average Bonchev–Trinajstić information content (AvgIpc) is 2.58. The van der Waals surface area contributed by atoms with Crippen molar-refractivity contribution in [1.29, 1.82) is 0 Å². The van der Waals surface area contributed by atoms with Crippen LogP contribution in [-0.4, -0.2) is 32.9 Å². The van der Waals surface area contributed by atoms with Gasteiger partial charge in [0.15, 0.2) is 0 Å². The first-order valence-corrected chi connectivity index (χ1v) is 8.31. The molecule has 0 amide bonds. The van der Waals surface area contributed by atoms with Crippen LogP contribution in [0.4, 0.5) is 11.9 Å². The molecule has 2 aromatic carbocycles. The van der Waals surface area contributed by atoms with Crippen LogP contribution in [0.1, 0.15) is 28.9 Å². The summed E-state index contributed by atoms with van der Waals surface area (Å²) >= 11 is 0. The smallest absolute Gasteiger partial charge is 0.225 e. The maximum Gasteiger partial charge on any atom is 0.225 e. The maximum atomic E-state index is 5.70. The van der Waals surface area contributed by atoms with Crippen molar-refractivity contribution < 1.29 is 0 Å². The van der Waals surface area contributed by atoms with Gasteiger partial charge in [0.2, 0.25) is 11.9 Å². The van der Waals surface area contributed by atoms with Gasteiger partial charge in [-0.3, -0.25) is 4.90 Å². The van der Waals surface area contributed by atoms with E-state index in [0.29, 0.717) is 5.82 Å². The second-order valence-electron chi connectivity index (χ2n) is 6.28. The van der Waals surface area contributed by atoms with E-state index in [1.807, 2.05) is 12.1 Å². The third-order valence-electron chi connectivity index (χ3n) is 4.56. The minimum absolute atomic E-state index is 0.184. The first-order valence-electron chi connectivity index (χ1n) is 8.31. The molecule has 0 saturated carbocycles. The van der Waals surface area contributed by atoms with E-state index in [1.165, 1.54) is 11.1 Å². The molecule has 4 N–H and O–H groups in total. The summed E-state index contributed by atoms with van der Waals surface area (Å²) in [7, 11) is 0. The lowest BCUT2D eigenvalue weighted by atomic mass is 9.90. The van der Waals surface area contributed by atoms with Crippen LogP contribution in [0.3, 0.4) is 0 Å². The van der Waals surface area contributed by atoms with Crippen LogP contribution in [0.25, 0.3) is 0 Å². The Morgan fingerprint density at radius 3 is 1.72 bits per heavy atom. The Kier molecular flexibility index (Phi) is 4.03. The molecule has 0 bridgehead atoms. The van der Waals surface area contributed by atoms with E-state index in [0.717, 1.165) is 13.1 Å². The number of hydrogen-bond donors (Lipinski definition) is 2. The summed E-state index contributed by atoms with van der Waals surface area (Å²) in [4.78, 5) is 14.8. The monoisotopic (exact) mass is 332 g/mol. The van der Waals surface area contributed by atoms with E-state index in [9.17, 15) is 0 Å². The molecule has 1 aromatic heterocycles. The lowest BCUT2D eigenvalue weighted by Gasteiger charge is -2.44. The molecule has 0 spiro atoms. The molecule has 126 valence electrons. The number of nitrogens with two attached hydrogens (primary N) is 2. The third kappa shape index (κ3) is 3.16. The van der Waals surface area contributed by atoms with Gasteiger partial charge in [-0.1, -0.05) is 60.7 Å². The highest BCUT2D eigenvalue weighted by Crippen LogP contribution is 2.37. The van der Waals surface area contributed by atoms with Gasteiger partial charge in [-0.05, 0) is 11.1 Å². The highest BCUT2D eigenvalue weighted by Gasteiger charge is 2.36. The van der Waals surface area contributed by atoms with Gasteiger partial charge in [0.25, 0.3) is 0 Å². The fourth-order valence-corrected chi connectivity index (χ4v) is 3.38. The molecule has 1 aliphatic heterocycles. The number of benzene rings is 2. The molecular weight excluding hydrogens is 312 g/mol. The minimum atomic E-state index is 0.184. The SMILES string of the molecule is Nc1nc(N)nc(C2CN(C(c3ccccc3)c3ccccc3)C2)n1. The second-order valence-corrected chi connectivity index (χ2v) is 6.28. The summed E-state index contributed by atoms with van der Waals surface area (Å²) in [6, 6.07) is 21.3.